The van der Waals surface area contributed by atoms with Crippen molar-refractivity contribution in [2.24, 2.45) is 0 Å². The molecule has 0 aliphatic carbocycles. The van der Waals surface area contributed by atoms with Gasteiger partial charge in [0, 0.05) is 49.5 Å². The second-order valence-corrected chi connectivity index (χ2v) is 10.6. The molecule has 0 N–H and O–H groups in total. The van der Waals surface area contributed by atoms with Crippen LogP contribution in [0.1, 0.15) is 15.9 Å². The minimum atomic E-state index is -3.61. The molecule has 1 amide bonds. The topological polar surface area (TPSA) is 92.7 Å². The van der Waals surface area contributed by atoms with E-state index in [2.05, 4.69) is 14.9 Å². The number of para-hydroxylation sites is 1. The molecule has 0 unspecified atom stereocenters. The fourth-order valence-electron chi connectivity index (χ4n) is 4.45. The van der Waals surface area contributed by atoms with Crippen LogP contribution in [0.2, 0.25) is 0 Å². The molecular formula is C27H26N4O4S. The van der Waals surface area contributed by atoms with Crippen LogP contribution in [0.15, 0.2) is 84.0 Å². The third kappa shape index (κ3) is 4.74. The van der Waals surface area contributed by atoms with E-state index in [-0.39, 0.29) is 16.6 Å². The number of fused-ring (bicyclic) bond motifs is 1. The average molecular weight is 503 g/mol. The van der Waals surface area contributed by atoms with Crippen LogP contribution in [-0.2, 0) is 15.6 Å². The Labute approximate surface area is 210 Å². The zero-order chi connectivity index (χ0) is 25.1. The molecule has 0 spiro atoms. The highest BCUT2D eigenvalue weighted by molar-refractivity contribution is 7.90. The summed E-state index contributed by atoms with van der Waals surface area (Å²) >= 11 is 0. The second-order valence-electron chi connectivity index (χ2n) is 8.60. The molecule has 5 rings (SSSR count). The number of pyridine rings is 2. The maximum Gasteiger partial charge on any atom is 0.253 e. The number of nitrogens with zero attached hydrogens (tertiary/aromatic N) is 4. The van der Waals surface area contributed by atoms with E-state index in [1.54, 1.807) is 66.9 Å². The van der Waals surface area contributed by atoms with Gasteiger partial charge in [0.05, 0.1) is 23.3 Å². The summed E-state index contributed by atoms with van der Waals surface area (Å²) in [5, 5.41) is 0.779. The van der Waals surface area contributed by atoms with Crippen molar-refractivity contribution in [3.05, 3.63) is 90.3 Å². The Morgan fingerprint density at radius 2 is 1.58 bits per heavy atom. The molecule has 2 aromatic heterocycles. The molecule has 3 heterocycles. The molecule has 0 atom stereocenters. The number of sulfone groups is 1. The number of aromatic nitrogens is 2. The lowest BCUT2D eigenvalue weighted by molar-refractivity contribution is 0.0746. The van der Waals surface area contributed by atoms with Crippen LogP contribution in [-0.4, -0.2) is 62.5 Å². The van der Waals surface area contributed by atoms with Gasteiger partial charge in [-0.2, -0.15) is 0 Å². The van der Waals surface area contributed by atoms with Crippen molar-refractivity contribution in [1.82, 2.24) is 14.9 Å². The number of hydrogen-bond acceptors (Lipinski definition) is 7. The van der Waals surface area contributed by atoms with Crippen LogP contribution in [0.3, 0.4) is 0 Å². The Morgan fingerprint density at radius 1 is 0.889 bits per heavy atom. The van der Waals surface area contributed by atoms with E-state index in [1.807, 2.05) is 24.3 Å². The largest absolute Gasteiger partial charge is 0.493 e. The van der Waals surface area contributed by atoms with Crippen molar-refractivity contribution in [2.75, 3.05) is 38.2 Å². The van der Waals surface area contributed by atoms with E-state index in [0.29, 0.717) is 48.6 Å². The summed E-state index contributed by atoms with van der Waals surface area (Å²) in [7, 11) is -1.99. The van der Waals surface area contributed by atoms with Gasteiger partial charge in [-0.15, -0.1) is 0 Å². The molecule has 8 nitrogen and oxygen atoms in total. The number of methoxy groups -OCH3 is 1. The zero-order valence-electron chi connectivity index (χ0n) is 19.9. The lowest BCUT2D eigenvalue weighted by Gasteiger charge is -2.35. The maximum absolute atomic E-state index is 13.1. The summed E-state index contributed by atoms with van der Waals surface area (Å²) in [6, 6.07) is 19.3. The summed E-state index contributed by atoms with van der Waals surface area (Å²) in [5.74, 6) is 1.25. The summed E-state index contributed by atoms with van der Waals surface area (Å²) in [6.45, 7) is 2.41. The van der Waals surface area contributed by atoms with Gasteiger partial charge in [0.15, 0.2) is 21.4 Å². The predicted octanol–water partition coefficient (Wildman–Crippen LogP) is 3.57. The van der Waals surface area contributed by atoms with Gasteiger partial charge < -0.3 is 14.5 Å². The lowest BCUT2D eigenvalue weighted by atomic mass is 10.1. The summed E-state index contributed by atoms with van der Waals surface area (Å²) in [4.78, 5) is 25.9. The molecule has 0 saturated carbocycles. The van der Waals surface area contributed by atoms with Crippen molar-refractivity contribution < 1.29 is 17.9 Å². The van der Waals surface area contributed by atoms with Crippen molar-refractivity contribution in [2.45, 2.75) is 10.6 Å². The molecule has 4 aromatic rings. The number of anilines is 1. The highest BCUT2D eigenvalue weighted by Crippen LogP contribution is 2.27. The highest BCUT2D eigenvalue weighted by Gasteiger charge is 2.25. The molecule has 184 valence electrons. The monoisotopic (exact) mass is 502 g/mol. The smallest absolute Gasteiger partial charge is 0.253 e. The third-order valence-electron chi connectivity index (χ3n) is 6.33. The number of carbonyl (C=O) groups excluding carboxylic acids is 1. The molecular weight excluding hydrogens is 476 g/mol. The third-order valence-corrected chi connectivity index (χ3v) is 8.04. The van der Waals surface area contributed by atoms with Crippen LogP contribution in [0.25, 0.3) is 10.9 Å². The summed E-state index contributed by atoms with van der Waals surface area (Å²) in [6.07, 6.45) is 3.32. The van der Waals surface area contributed by atoms with E-state index in [9.17, 15) is 13.2 Å². The Morgan fingerprint density at radius 3 is 2.33 bits per heavy atom. The van der Waals surface area contributed by atoms with E-state index in [4.69, 9.17) is 4.74 Å². The lowest BCUT2D eigenvalue weighted by Crippen LogP contribution is -2.49. The van der Waals surface area contributed by atoms with Crippen LogP contribution < -0.4 is 9.64 Å². The van der Waals surface area contributed by atoms with Gasteiger partial charge in [0.1, 0.15) is 0 Å². The first-order chi connectivity index (χ1) is 17.5. The average Bonchev–Trinajstić information content (AvgIpc) is 2.92. The fraction of sp³-hybridized carbons (Fsp3) is 0.222. The van der Waals surface area contributed by atoms with Crippen LogP contribution >= 0.6 is 0 Å². The Hall–Kier alpha value is -3.98. The van der Waals surface area contributed by atoms with Gasteiger partial charge in [0.25, 0.3) is 5.91 Å². The van der Waals surface area contributed by atoms with E-state index < -0.39 is 9.84 Å². The van der Waals surface area contributed by atoms with Crippen LogP contribution in [0, 0.1) is 0 Å². The Balaban J connectivity index is 1.25. The van der Waals surface area contributed by atoms with E-state index in [0.717, 1.165) is 11.2 Å². The normalized spacial score (nSPS) is 14.1. The first kappa shape index (κ1) is 23.7. The second kappa shape index (κ2) is 9.94. The molecule has 36 heavy (non-hydrogen) atoms. The molecule has 0 bridgehead atoms. The SMILES string of the molecule is COc1cccnc1N1CCN(C(=O)c2ccc(CS(=O)(=O)c3cccc4cccnc34)cc2)CC1. The molecule has 1 aliphatic heterocycles. The van der Waals surface area contributed by atoms with Crippen molar-refractivity contribution in [3.63, 3.8) is 0 Å². The quantitative estimate of drug-likeness (QED) is 0.398. The maximum atomic E-state index is 13.1. The summed E-state index contributed by atoms with van der Waals surface area (Å²) < 4.78 is 31.7. The fourth-order valence-corrected chi connectivity index (χ4v) is 5.99. The van der Waals surface area contributed by atoms with Gasteiger partial charge in [-0.1, -0.05) is 30.3 Å². The van der Waals surface area contributed by atoms with Gasteiger partial charge in [0.2, 0.25) is 0 Å². The van der Waals surface area contributed by atoms with Gasteiger partial charge in [-0.3, -0.25) is 9.78 Å². The van der Waals surface area contributed by atoms with Crippen molar-refractivity contribution in [1.29, 1.82) is 0 Å². The van der Waals surface area contributed by atoms with E-state index in [1.165, 1.54) is 0 Å². The molecule has 0 radical (unpaired) electrons. The number of ether oxygens (including phenoxy) is 1. The molecule has 9 heteroatoms. The number of rotatable bonds is 6. The highest BCUT2D eigenvalue weighted by atomic mass is 32.2. The number of carbonyl (C=O) groups is 1. The molecule has 1 aliphatic rings. The van der Waals surface area contributed by atoms with Gasteiger partial charge >= 0.3 is 0 Å². The predicted molar refractivity (Wildman–Crippen MR) is 138 cm³/mol. The Kier molecular flexibility index (Phi) is 6.56. The molecule has 1 fully saturated rings. The number of hydrogen-bond donors (Lipinski definition) is 0. The number of amides is 1. The number of benzene rings is 2. The number of piperazine rings is 1. The minimum absolute atomic E-state index is 0.0738. The first-order valence-electron chi connectivity index (χ1n) is 11.6. The standard InChI is InChI=1S/C27H26N4O4S/c1-35-23-7-4-14-29-26(23)30-15-17-31(18-16-30)27(32)22-11-9-20(10-12-22)19-36(33,34)24-8-2-5-21-6-3-13-28-25(21)24/h2-14H,15-19H2,1H3. The summed E-state index contributed by atoms with van der Waals surface area (Å²) in [5.41, 5.74) is 1.62. The van der Waals surface area contributed by atoms with Crippen LogP contribution in [0.4, 0.5) is 5.82 Å². The van der Waals surface area contributed by atoms with Crippen molar-refractivity contribution in [3.8, 4) is 5.75 Å². The molecule has 2 aromatic carbocycles. The zero-order valence-corrected chi connectivity index (χ0v) is 20.7. The first-order valence-corrected chi connectivity index (χ1v) is 13.3. The van der Waals surface area contributed by atoms with Gasteiger partial charge in [-0.05, 0) is 42.0 Å². The van der Waals surface area contributed by atoms with E-state index >= 15 is 0 Å². The molecule has 1 saturated heterocycles. The van der Waals surface area contributed by atoms with Crippen LogP contribution in [0.5, 0.6) is 5.75 Å². The minimum Gasteiger partial charge on any atom is -0.493 e. The van der Waals surface area contributed by atoms with Gasteiger partial charge in [-0.25, -0.2) is 13.4 Å². The van der Waals surface area contributed by atoms with Crippen molar-refractivity contribution >= 4 is 32.5 Å². The Bertz CT molecular complexity index is 1490.